The molecular weight excluding hydrogens is 364 g/mol. The molecule has 2 aromatic carbocycles. The Balaban J connectivity index is 1.61. The van der Waals surface area contributed by atoms with Crippen LogP contribution in [0.15, 0.2) is 59.7 Å². The van der Waals surface area contributed by atoms with E-state index in [1.165, 1.54) is 0 Å². The molecule has 0 spiro atoms. The number of nitrogens with one attached hydrogen (secondary N) is 1. The third-order valence-corrected chi connectivity index (χ3v) is 4.94. The number of aryl methyl sites for hydroxylation is 2. The van der Waals surface area contributed by atoms with Gasteiger partial charge in [-0.25, -0.2) is 4.98 Å². The summed E-state index contributed by atoms with van der Waals surface area (Å²) in [6.45, 7) is 3.14. The second-order valence-electron chi connectivity index (χ2n) is 7.61. The lowest BCUT2D eigenvalue weighted by molar-refractivity contribution is -0.122. The van der Waals surface area contributed by atoms with Gasteiger partial charge in [-0.2, -0.15) is 0 Å². The quantitative estimate of drug-likeness (QED) is 0.640. The van der Waals surface area contributed by atoms with Crippen molar-refractivity contribution >= 4 is 16.8 Å². The Labute approximate surface area is 171 Å². The largest absolute Gasteiger partial charge is 0.348 e. The van der Waals surface area contributed by atoms with Crippen LogP contribution in [0.4, 0.5) is 0 Å². The molecule has 1 amide bonds. The molecule has 1 N–H and O–H groups in total. The molecule has 1 heterocycles. The number of para-hydroxylation sites is 1. The highest BCUT2D eigenvalue weighted by Crippen LogP contribution is 2.14. The van der Waals surface area contributed by atoms with Crippen LogP contribution in [0.5, 0.6) is 0 Å². The summed E-state index contributed by atoms with van der Waals surface area (Å²) in [6.07, 6.45) is 2.51. The van der Waals surface area contributed by atoms with Crippen molar-refractivity contribution in [1.29, 1.82) is 0 Å². The number of carbonyl (C=O) groups excluding carboxylic acids is 1. The molecule has 152 valence electrons. The normalized spacial score (nSPS) is 12.3. The number of fused-ring (bicyclic) bond motifs is 1. The Hall–Kier alpha value is -2.99. The second-order valence-corrected chi connectivity index (χ2v) is 7.61. The van der Waals surface area contributed by atoms with Crippen LogP contribution < -0.4 is 10.9 Å². The van der Waals surface area contributed by atoms with Gasteiger partial charge in [0.05, 0.1) is 23.3 Å². The number of hydrogen-bond donors (Lipinski definition) is 1. The van der Waals surface area contributed by atoms with Gasteiger partial charge in [-0.3, -0.25) is 14.2 Å². The van der Waals surface area contributed by atoms with Crippen LogP contribution in [0, 0.1) is 6.92 Å². The molecule has 0 saturated heterocycles. The Morgan fingerprint density at radius 1 is 1.14 bits per heavy atom. The van der Waals surface area contributed by atoms with E-state index in [2.05, 4.69) is 15.2 Å². The predicted octanol–water partition coefficient (Wildman–Crippen LogP) is 2.90. The summed E-state index contributed by atoms with van der Waals surface area (Å²) in [4.78, 5) is 31.6. The van der Waals surface area contributed by atoms with Gasteiger partial charge in [0, 0.05) is 19.5 Å². The van der Waals surface area contributed by atoms with E-state index in [0.717, 1.165) is 23.2 Å². The van der Waals surface area contributed by atoms with E-state index < -0.39 is 0 Å². The molecule has 6 nitrogen and oxygen atoms in total. The number of hydrogen-bond acceptors (Lipinski definition) is 4. The van der Waals surface area contributed by atoms with Crippen molar-refractivity contribution in [2.24, 2.45) is 0 Å². The minimum atomic E-state index is -0.0632. The SMILES string of the molecule is Cc1cccc2c(=O)n(CCCC(=O)N[C@@H](CN(C)C)c3ccccc3)cnc12. The summed E-state index contributed by atoms with van der Waals surface area (Å²) in [5.74, 6) is -0.0154. The first-order valence-corrected chi connectivity index (χ1v) is 9.89. The van der Waals surface area contributed by atoms with E-state index in [-0.39, 0.29) is 17.5 Å². The molecule has 6 heteroatoms. The molecule has 29 heavy (non-hydrogen) atoms. The van der Waals surface area contributed by atoms with Gasteiger partial charge in [0.2, 0.25) is 5.91 Å². The molecule has 3 aromatic rings. The fraction of sp³-hybridized carbons (Fsp3) is 0.348. The van der Waals surface area contributed by atoms with Crippen LogP contribution >= 0.6 is 0 Å². The number of carbonyl (C=O) groups is 1. The third kappa shape index (κ3) is 5.29. The van der Waals surface area contributed by atoms with Crippen molar-refractivity contribution in [3.8, 4) is 0 Å². The molecule has 0 aliphatic heterocycles. The van der Waals surface area contributed by atoms with Crippen LogP contribution in [0.1, 0.15) is 30.0 Å². The zero-order valence-corrected chi connectivity index (χ0v) is 17.3. The van der Waals surface area contributed by atoms with Gasteiger partial charge in [-0.1, -0.05) is 42.5 Å². The number of nitrogens with zero attached hydrogens (tertiary/aromatic N) is 3. The lowest BCUT2D eigenvalue weighted by atomic mass is 10.1. The van der Waals surface area contributed by atoms with Gasteiger partial charge in [0.15, 0.2) is 0 Å². The molecule has 0 unspecified atom stereocenters. The predicted molar refractivity (Wildman–Crippen MR) is 116 cm³/mol. The maximum atomic E-state index is 12.7. The van der Waals surface area contributed by atoms with Gasteiger partial charge >= 0.3 is 0 Å². The Morgan fingerprint density at radius 3 is 2.62 bits per heavy atom. The summed E-state index contributed by atoms with van der Waals surface area (Å²) in [5, 5.41) is 3.74. The lowest BCUT2D eigenvalue weighted by Gasteiger charge is -2.23. The van der Waals surface area contributed by atoms with Gasteiger partial charge in [0.25, 0.3) is 5.56 Å². The molecule has 0 saturated carbocycles. The maximum Gasteiger partial charge on any atom is 0.261 e. The maximum absolute atomic E-state index is 12.7. The van der Waals surface area contributed by atoms with E-state index >= 15 is 0 Å². The number of aromatic nitrogens is 2. The number of amides is 1. The van der Waals surface area contributed by atoms with Crippen LogP contribution in [-0.4, -0.2) is 41.0 Å². The lowest BCUT2D eigenvalue weighted by Crippen LogP contribution is -2.35. The summed E-state index contributed by atoms with van der Waals surface area (Å²) in [7, 11) is 3.98. The highest BCUT2D eigenvalue weighted by Gasteiger charge is 2.15. The van der Waals surface area contributed by atoms with Crippen LogP contribution in [0.25, 0.3) is 10.9 Å². The van der Waals surface area contributed by atoms with Crippen LogP contribution in [-0.2, 0) is 11.3 Å². The van der Waals surface area contributed by atoms with E-state index in [1.54, 1.807) is 17.0 Å². The van der Waals surface area contributed by atoms with Crippen molar-refractivity contribution in [3.63, 3.8) is 0 Å². The third-order valence-electron chi connectivity index (χ3n) is 4.94. The molecule has 0 bridgehead atoms. The highest BCUT2D eigenvalue weighted by atomic mass is 16.1. The van der Waals surface area contributed by atoms with Crippen molar-refractivity contribution < 1.29 is 4.79 Å². The number of benzene rings is 2. The number of likely N-dealkylation sites (N-methyl/N-ethyl adjacent to an activating group) is 1. The van der Waals surface area contributed by atoms with Gasteiger partial charge in [-0.15, -0.1) is 0 Å². The van der Waals surface area contributed by atoms with E-state index in [4.69, 9.17) is 0 Å². The standard InChI is InChI=1S/C23H28N4O2/c1-17-9-7-12-19-22(17)24-16-27(23(19)29)14-8-13-21(28)25-20(15-26(2)3)18-10-5-4-6-11-18/h4-7,9-12,16,20H,8,13-15H2,1-3H3,(H,25,28)/t20-/m0/s1. The van der Waals surface area contributed by atoms with Gasteiger partial charge in [0.1, 0.15) is 0 Å². The first kappa shape index (κ1) is 20.7. The Kier molecular flexibility index (Phi) is 6.77. The van der Waals surface area contributed by atoms with Crippen molar-refractivity contribution in [2.45, 2.75) is 32.4 Å². The number of rotatable bonds is 8. The molecule has 0 fully saturated rings. The minimum Gasteiger partial charge on any atom is -0.348 e. The van der Waals surface area contributed by atoms with Crippen LogP contribution in [0.3, 0.4) is 0 Å². The average Bonchev–Trinajstić information content (AvgIpc) is 2.70. The molecule has 0 aliphatic carbocycles. The van der Waals surface area contributed by atoms with E-state index in [1.807, 2.05) is 63.5 Å². The molecular formula is C23H28N4O2. The fourth-order valence-electron chi connectivity index (χ4n) is 3.46. The van der Waals surface area contributed by atoms with Crippen molar-refractivity contribution in [1.82, 2.24) is 19.8 Å². The first-order valence-electron chi connectivity index (χ1n) is 9.89. The molecule has 1 aromatic heterocycles. The second kappa shape index (κ2) is 9.47. The first-order chi connectivity index (χ1) is 14.0. The Bertz CT molecular complexity index is 1030. The molecule has 3 rings (SSSR count). The van der Waals surface area contributed by atoms with Gasteiger partial charge in [-0.05, 0) is 44.6 Å². The fourth-order valence-corrected chi connectivity index (χ4v) is 3.46. The van der Waals surface area contributed by atoms with Crippen LogP contribution in [0.2, 0.25) is 0 Å². The monoisotopic (exact) mass is 392 g/mol. The minimum absolute atomic E-state index is 0.0154. The van der Waals surface area contributed by atoms with Crippen molar-refractivity contribution in [2.75, 3.05) is 20.6 Å². The zero-order valence-electron chi connectivity index (χ0n) is 17.3. The zero-order chi connectivity index (χ0) is 20.8. The smallest absolute Gasteiger partial charge is 0.261 e. The van der Waals surface area contributed by atoms with E-state index in [0.29, 0.717) is 24.8 Å². The molecule has 0 aliphatic rings. The summed E-state index contributed by atoms with van der Waals surface area (Å²) >= 11 is 0. The average molecular weight is 393 g/mol. The van der Waals surface area contributed by atoms with Crippen molar-refractivity contribution in [3.05, 3.63) is 76.3 Å². The molecule has 0 radical (unpaired) electrons. The molecule has 1 atom stereocenters. The Morgan fingerprint density at radius 2 is 1.90 bits per heavy atom. The topological polar surface area (TPSA) is 67.2 Å². The highest BCUT2D eigenvalue weighted by molar-refractivity contribution is 5.80. The summed E-state index contributed by atoms with van der Waals surface area (Å²) in [5.41, 5.74) is 2.74. The summed E-state index contributed by atoms with van der Waals surface area (Å²) in [6, 6.07) is 15.5. The van der Waals surface area contributed by atoms with Gasteiger partial charge < -0.3 is 10.2 Å². The summed E-state index contributed by atoms with van der Waals surface area (Å²) < 4.78 is 1.59. The van der Waals surface area contributed by atoms with E-state index in [9.17, 15) is 9.59 Å².